The van der Waals surface area contributed by atoms with Crippen LogP contribution < -0.4 is 0 Å². The van der Waals surface area contributed by atoms with Gasteiger partial charge in [-0.3, -0.25) is 0 Å². The van der Waals surface area contributed by atoms with Crippen molar-refractivity contribution >= 4 is 0 Å². The molecule has 1 nitrogen and oxygen atoms in total. The first-order valence-electron chi connectivity index (χ1n) is 1.73. The van der Waals surface area contributed by atoms with E-state index in [1.165, 1.54) is 7.11 Å². The number of hydrogen-bond acceptors (Lipinski definition) is 1. The van der Waals surface area contributed by atoms with E-state index < -0.39 is 6.17 Å². The van der Waals surface area contributed by atoms with Gasteiger partial charge in [-0.15, -0.1) is 0 Å². The smallest absolute Gasteiger partial charge is 0.123 e. The Morgan fingerprint density at radius 3 is 2.50 bits per heavy atom. The third-order valence-corrected chi connectivity index (χ3v) is 0.348. The van der Waals surface area contributed by atoms with Gasteiger partial charge >= 0.3 is 0 Å². The summed E-state index contributed by atoms with van der Waals surface area (Å²) < 4.78 is 15.8. The highest BCUT2D eigenvalue weighted by molar-refractivity contribution is 4.52. The Bertz CT molecular complexity index is 28.7. The quantitative estimate of drug-likeness (QED) is 0.488. The van der Waals surface area contributed by atoms with Gasteiger partial charge in [0.15, 0.2) is 0 Å². The Labute approximate surface area is 37.1 Å². The fourth-order valence-corrected chi connectivity index (χ4v) is 0.181. The minimum Gasteiger partial charge on any atom is -0.382 e. The van der Waals surface area contributed by atoms with Gasteiger partial charge in [-0.2, -0.15) is 0 Å². The molecule has 37 valence electrons. The first kappa shape index (κ1) is 5.89. The number of methoxy groups -OCH3 is 1. The maximum Gasteiger partial charge on any atom is 0.123 e. The summed E-state index contributed by atoms with van der Waals surface area (Å²) in [5.74, 6) is 0. The lowest BCUT2D eigenvalue weighted by Crippen LogP contribution is -2.01. The highest BCUT2D eigenvalue weighted by Gasteiger charge is 1.91. The summed E-state index contributed by atoms with van der Waals surface area (Å²) in [6, 6.07) is 0. The zero-order chi connectivity index (χ0) is 4.99. The number of alkyl halides is 1. The third-order valence-electron chi connectivity index (χ3n) is 0.348. The fourth-order valence-electron chi connectivity index (χ4n) is 0.181. The van der Waals surface area contributed by atoms with Gasteiger partial charge in [-0.1, -0.05) is 0 Å². The molecule has 0 aliphatic carbocycles. The van der Waals surface area contributed by atoms with E-state index in [2.05, 4.69) is 11.7 Å². The fraction of sp³-hybridized carbons (Fsp3) is 0.750. The van der Waals surface area contributed by atoms with E-state index >= 15 is 0 Å². The molecule has 0 saturated carbocycles. The molecule has 0 N–H and O–H groups in total. The lowest BCUT2D eigenvalue weighted by atomic mass is 10.5. The first-order valence-corrected chi connectivity index (χ1v) is 1.73. The molecule has 0 aromatic carbocycles. The minimum absolute atomic E-state index is 0.0972. The van der Waals surface area contributed by atoms with Crippen LogP contribution >= 0.6 is 0 Å². The number of rotatable bonds is 2. The summed E-state index contributed by atoms with van der Waals surface area (Å²) in [6.45, 7) is 3.13. The summed E-state index contributed by atoms with van der Waals surface area (Å²) >= 11 is 0. The topological polar surface area (TPSA) is 9.23 Å². The van der Waals surface area contributed by atoms with E-state index in [-0.39, 0.29) is 6.61 Å². The van der Waals surface area contributed by atoms with Gasteiger partial charge in [0.05, 0.1) is 6.61 Å². The number of hydrogen-bond donors (Lipinski definition) is 0. The van der Waals surface area contributed by atoms with E-state index in [4.69, 9.17) is 0 Å². The molecule has 1 radical (unpaired) electrons. The Hall–Kier alpha value is -0.110. The molecular formula is C4H8FO. The molecule has 1 atom stereocenters. The van der Waals surface area contributed by atoms with Gasteiger partial charge in [-0.25, -0.2) is 4.39 Å². The molecule has 1 unspecified atom stereocenters. The summed E-state index contributed by atoms with van der Waals surface area (Å²) in [5.41, 5.74) is 0. The van der Waals surface area contributed by atoms with Crippen molar-refractivity contribution < 1.29 is 9.13 Å². The van der Waals surface area contributed by atoms with Crippen LogP contribution in [0.4, 0.5) is 4.39 Å². The van der Waals surface area contributed by atoms with E-state index in [1.807, 2.05) is 0 Å². The van der Waals surface area contributed by atoms with Crippen molar-refractivity contribution in [3.63, 3.8) is 0 Å². The molecule has 0 aromatic heterocycles. The van der Waals surface area contributed by atoms with Crippen molar-refractivity contribution in [1.82, 2.24) is 0 Å². The Kier molecular flexibility index (Phi) is 3.04. The molecule has 0 heterocycles. The molecule has 0 aliphatic heterocycles. The SMILES string of the molecule is [CH2]C(F)COC. The van der Waals surface area contributed by atoms with Crippen LogP contribution in [0, 0.1) is 6.92 Å². The molecule has 0 saturated heterocycles. The van der Waals surface area contributed by atoms with Gasteiger partial charge in [0.2, 0.25) is 0 Å². The number of halogens is 1. The predicted octanol–water partition coefficient (Wildman–Crippen LogP) is 0.805. The Morgan fingerprint density at radius 2 is 2.50 bits per heavy atom. The van der Waals surface area contributed by atoms with Crippen LogP contribution in [0.2, 0.25) is 0 Å². The highest BCUT2D eigenvalue weighted by atomic mass is 19.1. The molecular weight excluding hydrogens is 83.0 g/mol. The highest BCUT2D eigenvalue weighted by Crippen LogP contribution is 1.83. The second-order valence-electron chi connectivity index (χ2n) is 1.05. The molecule has 2 heteroatoms. The zero-order valence-electron chi connectivity index (χ0n) is 3.78. The Morgan fingerprint density at radius 1 is 2.00 bits per heavy atom. The van der Waals surface area contributed by atoms with Crippen LogP contribution in [-0.2, 0) is 4.74 Å². The molecule has 0 bridgehead atoms. The largest absolute Gasteiger partial charge is 0.382 e. The third kappa shape index (κ3) is 3.89. The Balaban J connectivity index is 2.63. The van der Waals surface area contributed by atoms with E-state index in [9.17, 15) is 4.39 Å². The standard InChI is InChI=1S/C4H8FO/c1-4(5)3-6-2/h4H,1,3H2,2H3. The van der Waals surface area contributed by atoms with Crippen molar-refractivity contribution in [2.45, 2.75) is 6.17 Å². The van der Waals surface area contributed by atoms with Crippen LogP contribution in [0.5, 0.6) is 0 Å². The molecule has 0 aliphatic rings. The summed E-state index contributed by atoms with van der Waals surface area (Å²) in [4.78, 5) is 0. The van der Waals surface area contributed by atoms with E-state index in [0.29, 0.717) is 0 Å². The molecule has 6 heavy (non-hydrogen) atoms. The maximum absolute atomic E-state index is 11.5. The summed E-state index contributed by atoms with van der Waals surface area (Å²) in [5, 5.41) is 0. The predicted molar refractivity (Wildman–Crippen MR) is 22.1 cm³/mol. The van der Waals surface area contributed by atoms with Gasteiger partial charge < -0.3 is 4.74 Å². The molecule has 0 fully saturated rings. The average Bonchev–Trinajstić information content (AvgIpc) is 1.35. The van der Waals surface area contributed by atoms with E-state index in [0.717, 1.165) is 0 Å². The van der Waals surface area contributed by atoms with Gasteiger partial charge in [0, 0.05) is 7.11 Å². The summed E-state index contributed by atoms with van der Waals surface area (Å²) in [6.07, 6.45) is -1.07. The van der Waals surface area contributed by atoms with Crippen LogP contribution in [0.1, 0.15) is 0 Å². The van der Waals surface area contributed by atoms with Gasteiger partial charge in [0.25, 0.3) is 0 Å². The summed E-state index contributed by atoms with van der Waals surface area (Å²) in [7, 11) is 1.44. The van der Waals surface area contributed by atoms with Crippen molar-refractivity contribution in [2.24, 2.45) is 0 Å². The first-order chi connectivity index (χ1) is 2.77. The average molecular weight is 91.1 g/mol. The number of ether oxygens (including phenoxy) is 1. The monoisotopic (exact) mass is 91.1 g/mol. The van der Waals surface area contributed by atoms with Crippen LogP contribution in [0.3, 0.4) is 0 Å². The zero-order valence-corrected chi connectivity index (χ0v) is 3.78. The van der Waals surface area contributed by atoms with Crippen molar-refractivity contribution in [3.05, 3.63) is 6.92 Å². The van der Waals surface area contributed by atoms with Crippen LogP contribution in [0.25, 0.3) is 0 Å². The minimum atomic E-state index is -1.07. The van der Waals surface area contributed by atoms with Crippen LogP contribution in [-0.4, -0.2) is 19.9 Å². The van der Waals surface area contributed by atoms with Crippen LogP contribution in [0.15, 0.2) is 0 Å². The van der Waals surface area contributed by atoms with E-state index in [1.54, 1.807) is 0 Å². The second-order valence-corrected chi connectivity index (χ2v) is 1.05. The lowest BCUT2D eigenvalue weighted by molar-refractivity contribution is 0.145. The molecule has 0 amide bonds. The lowest BCUT2D eigenvalue weighted by Gasteiger charge is -1.93. The van der Waals surface area contributed by atoms with Crippen molar-refractivity contribution in [3.8, 4) is 0 Å². The molecule has 0 rings (SSSR count). The molecule has 0 spiro atoms. The van der Waals surface area contributed by atoms with Crippen molar-refractivity contribution in [1.29, 1.82) is 0 Å². The van der Waals surface area contributed by atoms with Gasteiger partial charge in [-0.05, 0) is 6.92 Å². The second kappa shape index (κ2) is 3.09. The van der Waals surface area contributed by atoms with Gasteiger partial charge in [0.1, 0.15) is 6.17 Å². The molecule has 0 aromatic rings. The normalized spacial score (nSPS) is 14.5. The maximum atomic E-state index is 11.5. The van der Waals surface area contributed by atoms with Crippen molar-refractivity contribution in [2.75, 3.05) is 13.7 Å².